The predicted molar refractivity (Wildman–Crippen MR) is 129 cm³/mol. The van der Waals surface area contributed by atoms with Crippen molar-refractivity contribution >= 4 is 40.6 Å². The average molecular weight is 473 g/mol. The minimum absolute atomic E-state index is 0.144. The van der Waals surface area contributed by atoms with E-state index >= 15 is 0 Å². The van der Waals surface area contributed by atoms with Gasteiger partial charge in [-0.3, -0.25) is 9.59 Å². The summed E-state index contributed by atoms with van der Waals surface area (Å²) in [5.74, 6) is -0.340. The van der Waals surface area contributed by atoms with E-state index in [1.165, 1.54) is 23.1 Å². The number of nitrogens with one attached hydrogen (secondary N) is 1. The fourth-order valence-electron chi connectivity index (χ4n) is 3.86. The van der Waals surface area contributed by atoms with Crippen LogP contribution in [0.3, 0.4) is 0 Å². The minimum atomic E-state index is -0.594. The molecule has 2 heterocycles. The molecule has 1 aromatic heterocycles. The van der Waals surface area contributed by atoms with E-state index in [-0.39, 0.29) is 11.8 Å². The molecule has 1 aliphatic heterocycles. The highest BCUT2D eigenvalue weighted by atomic mass is 32.2. The van der Waals surface area contributed by atoms with Crippen LogP contribution in [0.4, 0.5) is 5.69 Å². The minimum Gasteiger partial charge on any atom is -0.324 e. The molecule has 0 fully saturated rings. The van der Waals surface area contributed by atoms with E-state index in [1.54, 1.807) is 22.5 Å². The lowest BCUT2D eigenvalue weighted by Gasteiger charge is -2.36. The van der Waals surface area contributed by atoms with Crippen molar-refractivity contribution in [3.8, 4) is 0 Å². The summed E-state index contributed by atoms with van der Waals surface area (Å²) in [4.78, 5) is 29.3. The van der Waals surface area contributed by atoms with Gasteiger partial charge in [-0.1, -0.05) is 65.6 Å². The molecule has 4 aromatic rings. The van der Waals surface area contributed by atoms with Crippen molar-refractivity contribution in [2.75, 3.05) is 5.32 Å². The largest absolute Gasteiger partial charge is 0.324 e. The van der Waals surface area contributed by atoms with Gasteiger partial charge in [0.2, 0.25) is 5.91 Å². The summed E-state index contributed by atoms with van der Waals surface area (Å²) in [5.41, 5.74) is 5.13. The number of amides is 2. The van der Waals surface area contributed by atoms with Gasteiger partial charge in [-0.05, 0) is 47.5 Å². The first-order chi connectivity index (χ1) is 16.2. The Balaban J connectivity index is 1.35. The highest BCUT2D eigenvalue weighted by Gasteiger charge is 2.35. The van der Waals surface area contributed by atoms with Gasteiger partial charge in [0.05, 0.1) is 0 Å². The number of aromatic nitrogens is 2. The first-order valence-corrected chi connectivity index (χ1v) is 12.1. The highest BCUT2D eigenvalue weighted by molar-refractivity contribution is 8.01. The van der Waals surface area contributed by atoms with Crippen LogP contribution in [0.25, 0.3) is 0 Å². The van der Waals surface area contributed by atoms with Crippen LogP contribution < -0.4 is 5.32 Å². The maximum atomic E-state index is 13.3. The smallest absolute Gasteiger partial charge is 0.254 e. The lowest BCUT2D eigenvalue weighted by atomic mass is 9.92. The number of fused-ring (bicyclic) bond motifs is 1. The zero-order chi connectivity index (χ0) is 22.6. The summed E-state index contributed by atoms with van der Waals surface area (Å²) in [6.45, 7) is 0.402. The molecular weight excluding hydrogens is 452 g/mol. The Bertz CT molecular complexity index is 1260. The Hall–Kier alpha value is -3.49. The number of hydrogen-bond donors (Lipinski definition) is 1. The van der Waals surface area contributed by atoms with E-state index in [9.17, 15) is 9.59 Å². The zero-order valence-electron chi connectivity index (χ0n) is 17.5. The SMILES string of the molecule is O=C(Nc1ccc(Sc2nncs2)cc1)C1Cc2ccccc2CN1C(=O)c1ccccc1. The van der Waals surface area contributed by atoms with Crippen molar-refractivity contribution in [2.24, 2.45) is 0 Å². The van der Waals surface area contributed by atoms with Crippen LogP contribution in [-0.4, -0.2) is 33.0 Å². The zero-order valence-corrected chi connectivity index (χ0v) is 19.2. The molecule has 0 radical (unpaired) electrons. The molecule has 0 saturated carbocycles. The van der Waals surface area contributed by atoms with Crippen LogP contribution >= 0.6 is 23.1 Å². The van der Waals surface area contributed by atoms with E-state index in [1.807, 2.05) is 66.7 Å². The standard InChI is InChI=1S/C25H20N4O2S2/c30-23(27-20-10-12-21(13-11-20)33-25-28-26-16-32-25)22-14-18-8-4-5-9-19(18)15-29(22)24(31)17-6-2-1-3-7-17/h1-13,16,22H,14-15H2,(H,27,30). The van der Waals surface area contributed by atoms with Crippen LogP contribution in [0.2, 0.25) is 0 Å². The lowest BCUT2D eigenvalue weighted by molar-refractivity contribution is -0.121. The van der Waals surface area contributed by atoms with Crippen LogP contribution in [0.15, 0.2) is 93.6 Å². The van der Waals surface area contributed by atoms with E-state index in [2.05, 4.69) is 15.5 Å². The van der Waals surface area contributed by atoms with Gasteiger partial charge in [-0.25, -0.2) is 0 Å². The average Bonchev–Trinajstić information content (AvgIpc) is 3.37. The fourth-order valence-corrected chi connectivity index (χ4v) is 5.31. The van der Waals surface area contributed by atoms with Gasteiger partial charge in [0, 0.05) is 29.1 Å². The molecular formula is C25H20N4O2S2. The first-order valence-electron chi connectivity index (χ1n) is 10.4. The summed E-state index contributed by atoms with van der Waals surface area (Å²) in [6.07, 6.45) is 0.478. The molecule has 1 atom stereocenters. The van der Waals surface area contributed by atoms with Crippen molar-refractivity contribution in [3.63, 3.8) is 0 Å². The third kappa shape index (κ3) is 4.81. The maximum Gasteiger partial charge on any atom is 0.254 e. The number of carbonyl (C=O) groups is 2. The van der Waals surface area contributed by atoms with E-state index in [0.717, 1.165) is 20.4 Å². The predicted octanol–water partition coefficient (Wildman–Crippen LogP) is 4.90. The van der Waals surface area contributed by atoms with Gasteiger partial charge in [0.1, 0.15) is 11.6 Å². The van der Waals surface area contributed by atoms with Gasteiger partial charge in [0.25, 0.3) is 5.91 Å². The quantitative estimate of drug-likeness (QED) is 0.447. The monoisotopic (exact) mass is 472 g/mol. The van der Waals surface area contributed by atoms with Gasteiger partial charge in [-0.2, -0.15) is 0 Å². The summed E-state index contributed by atoms with van der Waals surface area (Å²) in [7, 11) is 0. The Morgan fingerprint density at radius 1 is 0.939 bits per heavy atom. The van der Waals surface area contributed by atoms with Gasteiger partial charge >= 0.3 is 0 Å². The highest BCUT2D eigenvalue weighted by Crippen LogP contribution is 2.30. The Labute approximate surface area is 199 Å². The second kappa shape index (κ2) is 9.56. The van der Waals surface area contributed by atoms with Crippen molar-refractivity contribution < 1.29 is 9.59 Å². The second-order valence-corrected chi connectivity index (χ2v) is 9.76. The Kier molecular flexibility index (Phi) is 6.19. The van der Waals surface area contributed by atoms with Crippen molar-refractivity contribution in [1.82, 2.24) is 15.1 Å². The number of carbonyl (C=O) groups excluding carboxylic acids is 2. The first kappa shape index (κ1) is 21.4. The topological polar surface area (TPSA) is 75.2 Å². The fraction of sp³-hybridized carbons (Fsp3) is 0.120. The molecule has 1 unspecified atom stereocenters. The lowest BCUT2D eigenvalue weighted by Crippen LogP contribution is -2.50. The molecule has 3 aromatic carbocycles. The molecule has 8 heteroatoms. The van der Waals surface area contributed by atoms with Crippen LogP contribution in [-0.2, 0) is 17.8 Å². The van der Waals surface area contributed by atoms with Gasteiger partial charge in [0.15, 0.2) is 4.34 Å². The molecule has 5 rings (SSSR count). The van der Waals surface area contributed by atoms with Gasteiger partial charge < -0.3 is 10.2 Å². The molecule has 0 aliphatic carbocycles. The number of nitrogens with zero attached hydrogens (tertiary/aromatic N) is 3. The van der Waals surface area contributed by atoms with Crippen LogP contribution in [0.1, 0.15) is 21.5 Å². The van der Waals surface area contributed by atoms with Crippen LogP contribution in [0, 0.1) is 0 Å². The van der Waals surface area contributed by atoms with Crippen LogP contribution in [0.5, 0.6) is 0 Å². The molecule has 1 aliphatic rings. The molecule has 1 N–H and O–H groups in total. The number of hydrogen-bond acceptors (Lipinski definition) is 6. The van der Waals surface area contributed by atoms with Crippen molar-refractivity contribution in [2.45, 2.75) is 28.2 Å². The third-order valence-corrected chi connectivity index (χ3v) is 7.29. The van der Waals surface area contributed by atoms with Crippen molar-refractivity contribution in [3.05, 3.63) is 101 Å². The normalized spacial score (nSPS) is 15.0. The molecule has 164 valence electrons. The number of anilines is 1. The Morgan fingerprint density at radius 3 is 2.39 bits per heavy atom. The summed E-state index contributed by atoms with van der Waals surface area (Å²) in [5, 5.41) is 10.9. The van der Waals surface area contributed by atoms with E-state index in [0.29, 0.717) is 24.2 Å². The molecule has 0 saturated heterocycles. The third-order valence-electron chi connectivity index (χ3n) is 5.50. The van der Waals surface area contributed by atoms with E-state index in [4.69, 9.17) is 0 Å². The number of benzene rings is 3. The number of rotatable bonds is 5. The maximum absolute atomic E-state index is 13.3. The molecule has 33 heavy (non-hydrogen) atoms. The van der Waals surface area contributed by atoms with E-state index < -0.39 is 6.04 Å². The van der Waals surface area contributed by atoms with Crippen molar-refractivity contribution in [1.29, 1.82) is 0 Å². The summed E-state index contributed by atoms with van der Waals surface area (Å²) < 4.78 is 0.864. The molecule has 0 bridgehead atoms. The summed E-state index contributed by atoms with van der Waals surface area (Å²) >= 11 is 3.00. The molecule has 2 amide bonds. The second-order valence-electron chi connectivity index (χ2n) is 7.61. The molecule has 0 spiro atoms. The molecule has 6 nitrogen and oxygen atoms in total. The van der Waals surface area contributed by atoms with Gasteiger partial charge in [-0.15, -0.1) is 10.2 Å². The Morgan fingerprint density at radius 2 is 1.67 bits per heavy atom. The summed E-state index contributed by atoms with van der Waals surface area (Å²) in [6, 6.07) is 24.1.